The fourth-order valence-corrected chi connectivity index (χ4v) is 2.66. The lowest BCUT2D eigenvalue weighted by Gasteiger charge is -2.30. The van der Waals surface area contributed by atoms with Gasteiger partial charge in [-0.2, -0.15) is 0 Å². The number of hydrogen-bond donors (Lipinski definition) is 1. The molecule has 1 aliphatic heterocycles. The number of nitrogens with zero attached hydrogens (tertiary/aromatic N) is 2. The van der Waals surface area contributed by atoms with E-state index in [0.29, 0.717) is 18.6 Å². The predicted molar refractivity (Wildman–Crippen MR) is 81.3 cm³/mol. The molecule has 2 rings (SSSR count). The summed E-state index contributed by atoms with van der Waals surface area (Å²) in [6, 6.07) is 5.76. The molecule has 0 aliphatic carbocycles. The lowest BCUT2D eigenvalue weighted by Crippen LogP contribution is -2.38. The molecule has 1 aromatic rings. The molecule has 1 aromatic carbocycles. The van der Waals surface area contributed by atoms with Gasteiger partial charge in [0.2, 0.25) is 0 Å². The number of aromatic hydroxyl groups is 1. The molecule has 0 amide bonds. The Morgan fingerprint density at radius 1 is 1.30 bits per heavy atom. The Bertz CT molecular complexity index is 446. The first kappa shape index (κ1) is 15.1. The van der Waals surface area contributed by atoms with Crippen LogP contribution in [0.5, 0.6) is 11.5 Å². The number of benzene rings is 1. The maximum absolute atomic E-state index is 9.54. The molecule has 1 N–H and O–H groups in total. The van der Waals surface area contributed by atoms with Crippen LogP contribution >= 0.6 is 0 Å². The van der Waals surface area contributed by atoms with Crippen LogP contribution in [-0.4, -0.2) is 55.2 Å². The molecule has 1 aliphatic rings. The summed E-state index contributed by atoms with van der Waals surface area (Å²) in [5.41, 5.74) is 1.20. The molecule has 0 spiro atoms. The highest BCUT2D eigenvalue weighted by atomic mass is 16.5. The van der Waals surface area contributed by atoms with Crippen molar-refractivity contribution in [1.82, 2.24) is 9.80 Å². The molecular formula is C16H26N2O2. The molecule has 4 nitrogen and oxygen atoms in total. The predicted octanol–water partition coefficient (Wildman–Crippen LogP) is 2.35. The maximum atomic E-state index is 9.54. The molecule has 0 bridgehead atoms. The third-order valence-corrected chi connectivity index (χ3v) is 3.63. The van der Waals surface area contributed by atoms with E-state index in [1.807, 2.05) is 6.07 Å². The Morgan fingerprint density at radius 2 is 2.05 bits per heavy atom. The van der Waals surface area contributed by atoms with E-state index in [-0.39, 0.29) is 5.75 Å². The van der Waals surface area contributed by atoms with Gasteiger partial charge in [-0.05, 0) is 32.1 Å². The normalized spacial score (nSPS) is 17.9. The third-order valence-electron chi connectivity index (χ3n) is 3.63. The summed E-state index contributed by atoms with van der Waals surface area (Å²) in [4.78, 5) is 4.70. The SMILES string of the molecule is CC(C)CN(CCN(C)C)C1COc2cc(O)ccc21. The van der Waals surface area contributed by atoms with Crippen LogP contribution in [0.2, 0.25) is 0 Å². The van der Waals surface area contributed by atoms with Crippen molar-refractivity contribution in [3.8, 4) is 11.5 Å². The molecule has 0 saturated carbocycles. The Kier molecular flexibility index (Phi) is 4.89. The fraction of sp³-hybridized carbons (Fsp3) is 0.625. The van der Waals surface area contributed by atoms with Gasteiger partial charge in [-0.3, -0.25) is 4.90 Å². The van der Waals surface area contributed by atoms with E-state index in [2.05, 4.69) is 37.7 Å². The van der Waals surface area contributed by atoms with Crippen molar-refractivity contribution in [2.24, 2.45) is 5.92 Å². The van der Waals surface area contributed by atoms with Crippen LogP contribution in [0.4, 0.5) is 0 Å². The second-order valence-electron chi connectivity index (χ2n) is 6.24. The monoisotopic (exact) mass is 278 g/mol. The summed E-state index contributed by atoms with van der Waals surface area (Å²) in [7, 11) is 4.20. The quantitative estimate of drug-likeness (QED) is 0.866. The van der Waals surface area contributed by atoms with Gasteiger partial charge in [0.15, 0.2) is 0 Å². The lowest BCUT2D eigenvalue weighted by molar-refractivity contribution is 0.136. The summed E-state index contributed by atoms with van der Waals surface area (Å²) in [5.74, 6) is 1.72. The van der Waals surface area contributed by atoms with E-state index in [1.165, 1.54) is 5.56 Å². The van der Waals surface area contributed by atoms with Crippen LogP contribution in [0.25, 0.3) is 0 Å². The molecular weight excluding hydrogens is 252 g/mol. The summed E-state index contributed by atoms with van der Waals surface area (Å²) in [6.45, 7) is 8.30. The lowest BCUT2D eigenvalue weighted by atomic mass is 10.0. The number of phenolic OH excluding ortho intramolecular Hbond substituents is 1. The minimum Gasteiger partial charge on any atom is -0.508 e. The number of ether oxygens (including phenoxy) is 1. The van der Waals surface area contributed by atoms with Crippen LogP contribution < -0.4 is 4.74 Å². The van der Waals surface area contributed by atoms with Crippen molar-refractivity contribution in [2.45, 2.75) is 19.9 Å². The molecule has 20 heavy (non-hydrogen) atoms. The minimum atomic E-state index is 0.271. The van der Waals surface area contributed by atoms with E-state index in [4.69, 9.17) is 4.74 Å². The molecule has 1 heterocycles. The van der Waals surface area contributed by atoms with Gasteiger partial charge < -0.3 is 14.7 Å². The van der Waals surface area contributed by atoms with Crippen molar-refractivity contribution in [2.75, 3.05) is 40.3 Å². The Hall–Kier alpha value is -1.26. The first-order chi connectivity index (χ1) is 9.47. The van der Waals surface area contributed by atoms with Crippen LogP contribution in [0.3, 0.4) is 0 Å². The van der Waals surface area contributed by atoms with Crippen molar-refractivity contribution in [1.29, 1.82) is 0 Å². The van der Waals surface area contributed by atoms with Crippen LogP contribution in [-0.2, 0) is 0 Å². The van der Waals surface area contributed by atoms with Gasteiger partial charge in [0.05, 0.1) is 6.04 Å². The Balaban J connectivity index is 2.14. The Labute approximate surface area is 122 Å². The van der Waals surface area contributed by atoms with Gasteiger partial charge >= 0.3 is 0 Å². The standard InChI is InChI=1S/C16H26N2O2/c1-12(2)10-18(8-7-17(3)4)15-11-20-16-9-13(19)5-6-14(15)16/h5-6,9,12,15,19H,7-8,10-11H2,1-4H3. The zero-order valence-corrected chi connectivity index (χ0v) is 13.0. The van der Waals surface area contributed by atoms with Crippen molar-refractivity contribution in [3.05, 3.63) is 23.8 Å². The molecule has 0 radical (unpaired) electrons. The second kappa shape index (κ2) is 6.46. The summed E-state index contributed by atoms with van der Waals surface area (Å²) in [5, 5.41) is 9.54. The van der Waals surface area contributed by atoms with Crippen LogP contribution in [0.1, 0.15) is 25.5 Å². The third kappa shape index (κ3) is 3.64. The zero-order valence-electron chi connectivity index (χ0n) is 13.0. The van der Waals surface area contributed by atoms with Crippen LogP contribution in [0.15, 0.2) is 18.2 Å². The van der Waals surface area contributed by atoms with E-state index in [0.717, 1.165) is 25.4 Å². The molecule has 112 valence electrons. The number of phenols is 1. The molecule has 1 atom stereocenters. The van der Waals surface area contributed by atoms with E-state index >= 15 is 0 Å². The highest BCUT2D eigenvalue weighted by Gasteiger charge is 2.30. The first-order valence-electron chi connectivity index (χ1n) is 7.32. The van der Waals surface area contributed by atoms with E-state index in [9.17, 15) is 5.11 Å². The van der Waals surface area contributed by atoms with E-state index in [1.54, 1.807) is 12.1 Å². The van der Waals surface area contributed by atoms with Gasteiger partial charge in [-0.1, -0.05) is 13.8 Å². The molecule has 0 fully saturated rings. The summed E-state index contributed by atoms with van der Waals surface area (Å²) in [6.07, 6.45) is 0. The minimum absolute atomic E-state index is 0.271. The maximum Gasteiger partial charge on any atom is 0.127 e. The van der Waals surface area contributed by atoms with Gasteiger partial charge in [0.25, 0.3) is 0 Å². The fourth-order valence-electron chi connectivity index (χ4n) is 2.66. The van der Waals surface area contributed by atoms with Gasteiger partial charge in [-0.25, -0.2) is 0 Å². The summed E-state index contributed by atoms with van der Waals surface area (Å²) < 4.78 is 5.75. The largest absolute Gasteiger partial charge is 0.508 e. The summed E-state index contributed by atoms with van der Waals surface area (Å²) >= 11 is 0. The number of hydrogen-bond acceptors (Lipinski definition) is 4. The van der Waals surface area contributed by atoms with Crippen molar-refractivity contribution in [3.63, 3.8) is 0 Å². The van der Waals surface area contributed by atoms with Gasteiger partial charge in [0, 0.05) is 31.3 Å². The van der Waals surface area contributed by atoms with Gasteiger partial charge in [0.1, 0.15) is 18.1 Å². The van der Waals surface area contributed by atoms with E-state index < -0.39 is 0 Å². The van der Waals surface area contributed by atoms with Crippen LogP contribution in [0, 0.1) is 5.92 Å². The zero-order chi connectivity index (χ0) is 14.7. The van der Waals surface area contributed by atoms with Gasteiger partial charge in [-0.15, -0.1) is 0 Å². The number of rotatable bonds is 6. The molecule has 1 unspecified atom stereocenters. The average molecular weight is 278 g/mol. The first-order valence-corrected chi connectivity index (χ1v) is 7.32. The molecule has 4 heteroatoms. The number of likely N-dealkylation sites (N-methyl/N-ethyl adjacent to an activating group) is 1. The number of fused-ring (bicyclic) bond motifs is 1. The smallest absolute Gasteiger partial charge is 0.127 e. The highest BCUT2D eigenvalue weighted by Crippen LogP contribution is 2.38. The highest BCUT2D eigenvalue weighted by molar-refractivity contribution is 5.44. The molecule has 0 aromatic heterocycles. The molecule has 0 saturated heterocycles. The average Bonchev–Trinajstić information content (AvgIpc) is 2.76. The topological polar surface area (TPSA) is 35.9 Å². The second-order valence-corrected chi connectivity index (χ2v) is 6.24. The Morgan fingerprint density at radius 3 is 2.70 bits per heavy atom. The van der Waals surface area contributed by atoms with Crippen molar-refractivity contribution >= 4 is 0 Å². The van der Waals surface area contributed by atoms with Crippen molar-refractivity contribution < 1.29 is 9.84 Å².